The van der Waals surface area contributed by atoms with Gasteiger partial charge in [-0.25, -0.2) is 0 Å². The second kappa shape index (κ2) is 9.35. The van der Waals surface area contributed by atoms with Gasteiger partial charge < -0.3 is 20.7 Å². The van der Waals surface area contributed by atoms with Crippen LogP contribution in [-0.4, -0.2) is 62.1 Å². The van der Waals surface area contributed by atoms with Crippen LogP contribution in [0.2, 0.25) is 0 Å². The van der Waals surface area contributed by atoms with E-state index < -0.39 is 29.6 Å². The number of nitrogens with zero attached hydrogens (tertiary/aromatic N) is 2. The number of rotatable bonds is 7. The van der Waals surface area contributed by atoms with E-state index in [2.05, 4.69) is 5.32 Å². The van der Waals surface area contributed by atoms with Crippen LogP contribution in [0.3, 0.4) is 0 Å². The number of carbonyl (C=O) groups is 2. The van der Waals surface area contributed by atoms with Crippen LogP contribution in [0.1, 0.15) is 19.4 Å². The van der Waals surface area contributed by atoms with Gasteiger partial charge in [-0.3, -0.25) is 14.5 Å². The molecule has 1 heterocycles. The molecule has 0 unspecified atom stereocenters. The lowest BCUT2D eigenvalue weighted by atomic mass is 10.1. The van der Waals surface area contributed by atoms with Crippen molar-refractivity contribution >= 4 is 23.2 Å². The molecular formula is C18H25F3N4O3. The number of hydrogen-bond acceptors (Lipinski definition) is 5. The van der Waals surface area contributed by atoms with Crippen LogP contribution < -0.4 is 16.0 Å². The number of benzene rings is 1. The molecule has 1 fully saturated rings. The number of likely N-dealkylation sites (N-methyl/N-ethyl adjacent to an activating group) is 1. The molecule has 2 amide bonds. The summed E-state index contributed by atoms with van der Waals surface area (Å²) in [5.74, 6) is -1.02. The molecule has 28 heavy (non-hydrogen) atoms. The molecule has 3 N–H and O–H groups in total. The van der Waals surface area contributed by atoms with E-state index >= 15 is 0 Å². The topological polar surface area (TPSA) is 87.9 Å². The number of carbonyl (C=O) groups excluding carboxylic acids is 2. The zero-order chi connectivity index (χ0) is 20.9. The van der Waals surface area contributed by atoms with E-state index in [9.17, 15) is 22.8 Å². The van der Waals surface area contributed by atoms with Gasteiger partial charge in [0.2, 0.25) is 5.91 Å². The summed E-state index contributed by atoms with van der Waals surface area (Å²) in [7, 11) is 0. The standard InChI is InChI=1S/C18H25F3N4O3/c1-3-24(4-2)15(10-22)17(27)23-14-6-5-12(9-13(14)18(19,20)21)25-7-8-28-11-16(25)26/h5-6,9,15H,3-4,7-8,10-11,22H2,1-2H3,(H,23,27)/t15-/m0/s1. The lowest BCUT2D eigenvalue weighted by molar-refractivity contribution is -0.137. The largest absolute Gasteiger partial charge is 0.418 e. The van der Waals surface area contributed by atoms with Crippen molar-refractivity contribution in [3.63, 3.8) is 0 Å². The van der Waals surface area contributed by atoms with Crippen LogP contribution in [0.25, 0.3) is 0 Å². The van der Waals surface area contributed by atoms with Gasteiger partial charge in [-0.05, 0) is 31.3 Å². The van der Waals surface area contributed by atoms with Gasteiger partial charge in [0.25, 0.3) is 5.91 Å². The molecular weight excluding hydrogens is 377 g/mol. The summed E-state index contributed by atoms with van der Waals surface area (Å²) >= 11 is 0. The van der Waals surface area contributed by atoms with Gasteiger partial charge in [0, 0.05) is 18.8 Å². The molecule has 0 saturated carbocycles. The van der Waals surface area contributed by atoms with E-state index in [1.165, 1.54) is 11.0 Å². The number of amides is 2. The molecule has 0 bridgehead atoms. The second-order valence-electron chi connectivity index (χ2n) is 6.29. The zero-order valence-electron chi connectivity index (χ0n) is 15.9. The van der Waals surface area contributed by atoms with Gasteiger partial charge in [-0.2, -0.15) is 13.2 Å². The minimum atomic E-state index is -4.71. The molecule has 2 rings (SSSR count). The van der Waals surface area contributed by atoms with Crippen LogP contribution in [0.5, 0.6) is 0 Å². The third-order valence-corrected chi connectivity index (χ3v) is 4.64. The molecule has 1 aromatic carbocycles. The summed E-state index contributed by atoms with van der Waals surface area (Å²) in [5, 5.41) is 2.35. The highest BCUT2D eigenvalue weighted by molar-refractivity contribution is 5.98. The molecule has 1 aliphatic heterocycles. The van der Waals surface area contributed by atoms with Crippen LogP contribution in [0, 0.1) is 0 Å². The Morgan fingerprint density at radius 3 is 2.57 bits per heavy atom. The van der Waals surface area contributed by atoms with Crippen LogP contribution in [0.4, 0.5) is 24.5 Å². The first-order valence-electron chi connectivity index (χ1n) is 9.07. The fourth-order valence-corrected chi connectivity index (χ4v) is 3.14. The number of nitrogens with two attached hydrogens (primary N) is 1. The van der Waals surface area contributed by atoms with Crippen molar-refractivity contribution in [3.8, 4) is 0 Å². The Morgan fingerprint density at radius 1 is 1.36 bits per heavy atom. The second-order valence-corrected chi connectivity index (χ2v) is 6.29. The highest BCUT2D eigenvalue weighted by Crippen LogP contribution is 2.37. The van der Waals surface area contributed by atoms with Crippen molar-refractivity contribution in [1.82, 2.24) is 4.90 Å². The highest BCUT2D eigenvalue weighted by Gasteiger charge is 2.36. The molecule has 10 heteroatoms. The Bertz CT molecular complexity index is 708. The van der Waals surface area contributed by atoms with Crippen LogP contribution >= 0.6 is 0 Å². The Hall–Kier alpha value is -2.17. The summed E-state index contributed by atoms with van der Waals surface area (Å²) in [6, 6.07) is 2.67. The number of hydrogen-bond donors (Lipinski definition) is 2. The molecule has 7 nitrogen and oxygen atoms in total. The first-order chi connectivity index (χ1) is 13.2. The molecule has 0 aliphatic carbocycles. The maximum atomic E-state index is 13.6. The third-order valence-electron chi connectivity index (χ3n) is 4.64. The van der Waals surface area contributed by atoms with E-state index in [1.807, 2.05) is 13.8 Å². The van der Waals surface area contributed by atoms with Gasteiger partial charge in [0.15, 0.2) is 0 Å². The first kappa shape index (κ1) is 22.1. The molecule has 1 saturated heterocycles. The average molecular weight is 402 g/mol. The highest BCUT2D eigenvalue weighted by atomic mass is 19.4. The van der Waals surface area contributed by atoms with E-state index in [0.29, 0.717) is 13.1 Å². The van der Waals surface area contributed by atoms with Crippen molar-refractivity contribution in [1.29, 1.82) is 0 Å². The fraction of sp³-hybridized carbons (Fsp3) is 0.556. The number of alkyl halides is 3. The van der Waals surface area contributed by atoms with Gasteiger partial charge in [-0.1, -0.05) is 13.8 Å². The van der Waals surface area contributed by atoms with E-state index in [0.717, 1.165) is 12.1 Å². The van der Waals surface area contributed by atoms with E-state index in [1.54, 1.807) is 4.90 Å². The van der Waals surface area contributed by atoms with Crippen molar-refractivity contribution in [2.24, 2.45) is 5.73 Å². The maximum Gasteiger partial charge on any atom is 0.418 e. The van der Waals surface area contributed by atoms with Crippen molar-refractivity contribution in [3.05, 3.63) is 23.8 Å². The predicted molar refractivity (Wildman–Crippen MR) is 99.0 cm³/mol. The van der Waals surface area contributed by atoms with Crippen molar-refractivity contribution in [2.45, 2.75) is 26.1 Å². The molecule has 1 aromatic rings. The fourth-order valence-electron chi connectivity index (χ4n) is 3.14. The molecule has 1 atom stereocenters. The van der Waals surface area contributed by atoms with Crippen molar-refractivity contribution < 1.29 is 27.5 Å². The van der Waals surface area contributed by atoms with Gasteiger partial charge in [0.05, 0.1) is 17.9 Å². The normalized spacial score (nSPS) is 16.4. The first-order valence-corrected chi connectivity index (χ1v) is 9.07. The Kier molecular flexibility index (Phi) is 7.39. The lowest BCUT2D eigenvalue weighted by Crippen LogP contribution is -2.48. The average Bonchev–Trinajstić information content (AvgIpc) is 2.65. The predicted octanol–water partition coefficient (Wildman–Crippen LogP) is 1.68. The monoisotopic (exact) mass is 402 g/mol. The summed E-state index contributed by atoms with van der Waals surface area (Å²) in [6.07, 6.45) is -4.71. The minimum Gasteiger partial charge on any atom is -0.370 e. The SMILES string of the molecule is CCN(CC)[C@@H](CN)C(=O)Nc1ccc(N2CCOCC2=O)cc1C(F)(F)F. The smallest absolute Gasteiger partial charge is 0.370 e. The summed E-state index contributed by atoms with van der Waals surface area (Å²) in [4.78, 5) is 27.5. The van der Waals surface area contributed by atoms with Gasteiger partial charge in [0.1, 0.15) is 12.6 Å². The van der Waals surface area contributed by atoms with E-state index in [4.69, 9.17) is 10.5 Å². The molecule has 156 valence electrons. The Labute approximate surface area is 161 Å². The van der Waals surface area contributed by atoms with Gasteiger partial charge >= 0.3 is 6.18 Å². The number of ether oxygens (including phenoxy) is 1. The quantitative estimate of drug-likeness (QED) is 0.725. The molecule has 0 aromatic heterocycles. The number of morpholine rings is 1. The molecule has 0 spiro atoms. The minimum absolute atomic E-state index is 0.0186. The third kappa shape index (κ3) is 5.00. The van der Waals surface area contributed by atoms with Crippen LogP contribution in [0.15, 0.2) is 18.2 Å². The molecule has 0 radical (unpaired) electrons. The Balaban J connectivity index is 2.33. The summed E-state index contributed by atoms with van der Waals surface area (Å²) in [5.41, 5.74) is 4.38. The number of anilines is 2. The Morgan fingerprint density at radius 2 is 2.04 bits per heavy atom. The van der Waals surface area contributed by atoms with Crippen LogP contribution in [-0.2, 0) is 20.5 Å². The number of halogens is 3. The number of nitrogens with one attached hydrogen (secondary N) is 1. The maximum absolute atomic E-state index is 13.6. The zero-order valence-corrected chi connectivity index (χ0v) is 15.9. The molecule has 1 aliphatic rings. The van der Waals surface area contributed by atoms with E-state index in [-0.39, 0.29) is 37.7 Å². The summed E-state index contributed by atoms with van der Waals surface area (Å²) in [6.45, 7) is 4.97. The summed E-state index contributed by atoms with van der Waals surface area (Å²) < 4.78 is 45.8. The lowest BCUT2D eigenvalue weighted by Gasteiger charge is -2.29. The van der Waals surface area contributed by atoms with Crippen molar-refractivity contribution in [2.75, 3.05) is 49.6 Å². The van der Waals surface area contributed by atoms with Gasteiger partial charge in [-0.15, -0.1) is 0 Å².